The minimum Gasteiger partial charge on any atom is -0.481 e. The first-order valence-electron chi connectivity index (χ1n) is 12.6. The predicted octanol–water partition coefficient (Wildman–Crippen LogP) is 3.96. The third kappa shape index (κ3) is 9.72. The Balaban J connectivity index is 1.58. The molecule has 7 heteroatoms. The highest BCUT2D eigenvalue weighted by Crippen LogP contribution is 2.47. The lowest BCUT2D eigenvalue weighted by molar-refractivity contribution is -0.137. The number of carbonyl (C=O) groups excluding carboxylic acids is 2. The number of ether oxygens (including phenoxy) is 1. The minimum atomic E-state index is -0.734. The number of nitrogens with one attached hydrogen (secondary N) is 2. The highest BCUT2D eigenvalue weighted by Gasteiger charge is 2.47. The minimum absolute atomic E-state index is 0.0901. The first kappa shape index (κ1) is 26.4. The number of fused-ring (bicyclic) bond motifs is 2. The summed E-state index contributed by atoms with van der Waals surface area (Å²) in [7, 11) is 0. The van der Waals surface area contributed by atoms with Crippen LogP contribution in [0, 0.1) is 11.8 Å². The summed E-state index contributed by atoms with van der Waals surface area (Å²) in [5.74, 6) is -0.0110. The van der Waals surface area contributed by atoms with Gasteiger partial charge in [0.05, 0.1) is 12.2 Å². The van der Waals surface area contributed by atoms with Crippen LogP contribution in [0.25, 0.3) is 0 Å². The summed E-state index contributed by atoms with van der Waals surface area (Å²) >= 11 is 0. The molecule has 0 aromatic heterocycles. The topological polar surface area (TPSA) is 105 Å². The molecular formula is C25H42N2O5. The number of carboxylic acid groups (broad SMARTS) is 1. The van der Waals surface area contributed by atoms with Crippen LogP contribution in [0.4, 0.5) is 0 Å². The lowest BCUT2D eigenvalue weighted by Gasteiger charge is -2.27. The monoisotopic (exact) mass is 450 g/mol. The molecular weight excluding hydrogens is 408 g/mol. The Kier molecular flexibility index (Phi) is 12.4. The number of hydrogen-bond acceptors (Lipinski definition) is 4. The largest absolute Gasteiger partial charge is 0.481 e. The van der Waals surface area contributed by atoms with Crippen molar-refractivity contribution in [3.8, 4) is 0 Å². The van der Waals surface area contributed by atoms with E-state index in [2.05, 4.69) is 29.7 Å². The number of carbonyl (C=O) groups is 3. The zero-order valence-electron chi connectivity index (χ0n) is 19.7. The van der Waals surface area contributed by atoms with Crippen LogP contribution in [0.2, 0.25) is 0 Å². The molecule has 4 atom stereocenters. The molecule has 0 aliphatic carbocycles. The molecule has 2 heterocycles. The molecule has 0 aromatic carbocycles. The molecule has 2 rings (SSSR count). The van der Waals surface area contributed by atoms with Crippen LogP contribution in [0.5, 0.6) is 0 Å². The van der Waals surface area contributed by atoms with Crippen LogP contribution >= 0.6 is 0 Å². The summed E-state index contributed by atoms with van der Waals surface area (Å²) < 4.78 is 6.17. The van der Waals surface area contributed by atoms with Crippen molar-refractivity contribution in [2.75, 3.05) is 13.1 Å². The van der Waals surface area contributed by atoms with Crippen LogP contribution in [0.15, 0.2) is 12.2 Å². The van der Waals surface area contributed by atoms with E-state index in [1.165, 1.54) is 0 Å². The second-order valence-corrected chi connectivity index (χ2v) is 9.19. The Morgan fingerprint density at radius 3 is 2.22 bits per heavy atom. The summed E-state index contributed by atoms with van der Waals surface area (Å²) in [5, 5.41) is 14.4. The molecule has 7 nitrogen and oxygen atoms in total. The molecule has 0 aromatic rings. The van der Waals surface area contributed by atoms with E-state index in [1.54, 1.807) is 0 Å². The van der Waals surface area contributed by atoms with Crippen molar-refractivity contribution >= 4 is 17.8 Å². The van der Waals surface area contributed by atoms with Crippen molar-refractivity contribution in [1.29, 1.82) is 0 Å². The molecule has 2 aliphatic heterocycles. The summed E-state index contributed by atoms with van der Waals surface area (Å²) in [4.78, 5) is 34.2. The smallest absolute Gasteiger partial charge is 0.303 e. The molecule has 32 heavy (non-hydrogen) atoms. The van der Waals surface area contributed by atoms with Crippen LogP contribution in [-0.4, -0.2) is 48.2 Å². The van der Waals surface area contributed by atoms with Crippen molar-refractivity contribution in [3.63, 3.8) is 0 Å². The maximum absolute atomic E-state index is 11.9. The van der Waals surface area contributed by atoms with Crippen molar-refractivity contribution in [2.45, 2.75) is 103 Å². The number of hydrogen-bond donors (Lipinski definition) is 3. The third-order valence-electron chi connectivity index (χ3n) is 6.64. The van der Waals surface area contributed by atoms with E-state index in [4.69, 9.17) is 9.84 Å². The average molecular weight is 451 g/mol. The van der Waals surface area contributed by atoms with Crippen LogP contribution < -0.4 is 10.6 Å². The number of unbranched alkanes of at least 4 members (excludes halogenated alkanes) is 4. The van der Waals surface area contributed by atoms with Crippen molar-refractivity contribution in [3.05, 3.63) is 12.2 Å². The first-order valence-corrected chi connectivity index (χ1v) is 12.6. The van der Waals surface area contributed by atoms with E-state index in [9.17, 15) is 14.4 Å². The molecule has 0 spiro atoms. The number of amides is 2. The van der Waals surface area contributed by atoms with Crippen LogP contribution in [0.1, 0.15) is 90.4 Å². The van der Waals surface area contributed by atoms with E-state index < -0.39 is 5.97 Å². The van der Waals surface area contributed by atoms with Gasteiger partial charge in [0.15, 0.2) is 0 Å². The average Bonchev–Trinajstić information content (AvgIpc) is 3.35. The van der Waals surface area contributed by atoms with E-state index in [1.807, 2.05) is 0 Å². The lowest BCUT2D eigenvalue weighted by Crippen LogP contribution is -2.33. The lowest BCUT2D eigenvalue weighted by atomic mass is 9.75. The van der Waals surface area contributed by atoms with E-state index in [0.29, 0.717) is 43.6 Å². The Morgan fingerprint density at radius 1 is 0.906 bits per heavy atom. The van der Waals surface area contributed by atoms with Crippen molar-refractivity contribution in [1.82, 2.24) is 10.6 Å². The number of allylic oxidation sites excluding steroid dienone is 2. The Bertz CT molecular complexity index is 621. The predicted molar refractivity (Wildman–Crippen MR) is 124 cm³/mol. The van der Waals surface area contributed by atoms with Gasteiger partial charge >= 0.3 is 5.97 Å². The molecule has 0 radical (unpaired) electrons. The summed E-state index contributed by atoms with van der Waals surface area (Å²) in [6.45, 7) is 3.37. The van der Waals surface area contributed by atoms with Gasteiger partial charge < -0.3 is 20.5 Å². The van der Waals surface area contributed by atoms with Gasteiger partial charge in [-0.25, -0.2) is 0 Å². The highest BCUT2D eigenvalue weighted by molar-refractivity contribution is 5.96. The Morgan fingerprint density at radius 2 is 1.56 bits per heavy atom. The molecule has 3 N–H and O–H groups in total. The van der Waals surface area contributed by atoms with Crippen LogP contribution in [0.3, 0.4) is 0 Å². The zero-order valence-corrected chi connectivity index (χ0v) is 19.7. The molecule has 2 aliphatic rings. The van der Waals surface area contributed by atoms with Gasteiger partial charge in [0, 0.05) is 19.5 Å². The molecule has 2 bridgehead atoms. The fourth-order valence-electron chi connectivity index (χ4n) is 4.95. The number of rotatable bonds is 17. The molecule has 2 saturated heterocycles. The second-order valence-electron chi connectivity index (χ2n) is 9.19. The van der Waals surface area contributed by atoms with E-state index >= 15 is 0 Å². The van der Waals surface area contributed by atoms with Crippen molar-refractivity contribution < 1.29 is 24.2 Å². The number of aliphatic carboxylic acids is 1. The highest BCUT2D eigenvalue weighted by atomic mass is 16.5. The third-order valence-corrected chi connectivity index (χ3v) is 6.64. The van der Waals surface area contributed by atoms with Gasteiger partial charge in [0.2, 0.25) is 11.8 Å². The first-order chi connectivity index (χ1) is 15.5. The number of carboxylic acids is 1. The maximum atomic E-state index is 11.9. The molecule has 0 saturated carbocycles. The van der Waals surface area contributed by atoms with Gasteiger partial charge in [0.25, 0.3) is 0 Å². The summed E-state index contributed by atoms with van der Waals surface area (Å²) in [6, 6.07) is 0. The van der Waals surface area contributed by atoms with Crippen LogP contribution in [-0.2, 0) is 19.1 Å². The Hall–Kier alpha value is -1.89. The standard InChI is InChI=1S/C25H42N2O5/c1-2-3-9-16-26-23(28)18-24(29)27-17-10-8-12-20-19(21-14-15-22(20)32-21)11-6-4-5-7-13-25(30)31/h4,6,19-22H,2-3,5,7-18H2,1H3,(H,26,28)(H,27,29)(H,30,31)/b6-4-/t19-,20+,21-,22+/m1/s1. The quantitative estimate of drug-likeness (QED) is 0.177. The van der Waals surface area contributed by atoms with Gasteiger partial charge in [-0.2, -0.15) is 0 Å². The maximum Gasteiger partial charge on any atom is 0.303 e. The van der Waals surface area contributed by atoms with E-state index in [-0.39, 0.29) is 24.7 Å². The van der Waals surface area contributed by atoms with E-state index in [0.717, 1.165) is 64.2 Å². The van der Waals surface area contributed by atoms with Gasteiger partial charge in [-0.3, -0.25) is 14.4 Å². The van der Waals surface area contributed by atoms with Gasteiger partial charge in [-0.15, -0.1) is 0 Å². The Labute approximate surface area is 192 Å². The van der Waals surface area contributed by atoms with Gasteiger partial charge in [0.1, 0.15) is 6.42 Å². The summed E-state index contributed by atoms with van der Waals surface area (Å²) in [6.07, 6.45) is 16.2. The molecule has 182 valence electrons. The van der Waals surface area contributed by atoms with Gasteiger partial charge in [-0.05, 0) is 63.2 Å². The normalized spacial score (nSPS) is 24.2. The molecule has 2 amide bonds. The van der Waals surface area contributed by atoms with Crippen molar-refractivity contribution in [2.24, 2.45) is 11.8 Å². The molecule has 2 fully saturated rings. The fraction of sp³-hybridized carbons (Fsp3) is 0.800. The fourth-order valence-corrected chi connectivity index (χ4v) is 4.95. The second kappa shape index (κ2) is 15.0. The SMILES string of the molecule is CCCCCNC(=O)CC(=O)NCCCC[C@H]1[C@@H](C/C=C\CCCC(=O)O)[C@H]2CC[C@@H]1O2. The van der Waals surface area contributed by atoms with Gasteiger partial charge in [-0.1, -0.05) is 38.3 Å². The zero-order chi connectivity index (χ0) is 23.2. The summed E-state index contributed by atoms with van der Waals surface area (Å²) in [5.41, 5.74) is 0. The molecule has 0 unspecified atom stereocenters.